The summed E-state index contributed by atoms with van der Waals surface area (Å²) in [6, 6.07) is 5.64. The van der Waals surface area contributed by atoms with Crippen molar-refractivity contribution in [1.82, 2.24) is 15.3 Å². The van der Waals surface area contributed by atoms with Crippen LogP contribution in [-0.2, 0) is 6.42 Å². The minimum atomic E-state index is -0.0624. The number of aryl methyl sites for hydroxylation is 2. The van der Waals surface area contributed by atoms with Crippen LogP contribution in [0.5, 0.6) is 0 Å². The van der Waals surface area contributed by atoms with Gasteiger partial charge in [-0.15, -0.1) is 0 Å². The van der Waals surface area contributed by atoms with Crippen LogP contribution in [0, 0.1) is 6.92 Å². The second-order valence-electron chi connectivity index (χ2n) is 5.21. The van der Waals surface area contributed by atoms with Gasteiger partial charge < -0.3 is 5.32 Å². The van der Waals surface area contributed by atoms with Crippen LogP contribution in [0.1, 0.15) is 46.1 Å². The zero-order chi connectivity index (χ0) is 13.9. The quantitative estimate of drug-likeness (QED) is 0.910. The van der Waals surface area contributed by atoms with Crippen molar-refractivity contribution >= 4 is 5.91 Å². The number of nitrogens with zero attached hydrogens (tertiary/aromatic N) is 2. The second kappa shape index (κ2) is 5.41. The van der Waals surface area contributed by atoms with Crippen LogP contribution in [0.4, 0.5) is 0 Å². The van der Waals surface area contributed by atoms with Crippen molar-refractivity contribution < 1.29 is 4.79 Å². The van der Waals surface area contributed by atoms with Crippen LogP contribution in [0.25, 0.3) is 0 Å². The molecule has 2 aromatic rings. The number of fused-ring (bicyclic) bond motifs is 1. The second-order valence-corrected chi connectivity index (χ2v) is 5.21. The van der Waals surface area contributed by atoms with E-state index in [1.165, 1.54) is 11.1 Å². The summed E-state index contributed by atoms with van der Waals surface area (Å²) < 4.78 is 0. The molecule has 4 heteroatoms. The molecule has 1 aliphatic rings. The van der Waals surface area contributed by atoms with Gasteiger partial charge in [0.1, 0.15) is 0 Å². The number of nitrogens with one attached hydrogen (secondary N) is 1. The lowest BCUT2D eigenvalue weighted by Gasteiger charge is -2.25. The van der Waals surface area contributed by atoms with Crippen LogP contribution >= 0.6 is 0 Å². The zero-order valence-corrected chi connectivity index (χ0v) is 11.5. The van der Waals surface area contributed by atoms with Crippen LogP contribution in [0.2, 0.25) is 0 Å². The molecule has 0 fully saturated rings. The van der Waals surface area contributed by atoms with Gasteiger partial charge in [0.25, 0.3) is 5.91 Å². The van der Waals surface area contributed by atoms with E-state index in [1.807, 2.05) is 13.1 Å². The maximum absolute atomic E-state index is 12.2. The Labute approximate surface area is 118 Å². The van der Waals surface area contributed by atoms with E-state index in [0.29, 0.717) is 5.56 Å². The predicted molar refractivity (Wildman–Crippen MR) is 76.4 cm³/mol. The minimum Gasteiger partial charge on any atom is -0.344 e. The molecule has 0 aliphatic heterocycles. The summed E-state index contributed by atoms with van der Waals surface area (Å²) in [5.41, 5.74) is 4.09. The molecule has 20 heavy (non-hydrogen) atoms. The highest BCUT2D eigenvalue weighted by atomic mass is 16.1. The van der Waals surface area contributed by atoms with Gasteiger partial charge in [-0.2, -0.15) is 0 Å². The van der Waals surface area contributed by atoms with Crippen molar-refractivity contribution in [3.63, 3.8) is 0 Å². The Kier molecular flexibility index (Phi) is 3.46. The third-order valence-corrected chi connectivity index (χ3v) is 3.65. The van der Waals surface area contributed by atoms with Crippen molar-refractivity contribution in [3.8, 4) is 0 Å². The van der Waals surface area contributed by atoms with Gasteiger partial charge >= 0.3 is 0 Å². The van der Waals surface area contributed by atoms with Gasteiger partial charge in [-0.3, -0.25) is 14.8 Å². The molecule has 4 nitrogen and oxygen atoms in total. The van der Waals surface area contributed by atoms with Crippen molar-refractivity contribution in [1.29, 1.82) is 0 Å². The molecule has 3 rings (SSSR count). The number of hydrogen-bond donors (Lipinski definition) is 1. The number of carbonyl (C=O) groups excluding carboxylic acids is 1. The molecule has 0 aromatic carbocycles. The van der Waals surface area contributed by atoms with Gasteiger partial charge in [-0.25, -0.2) is 0 Å². The Balaban J connectivity index is 1.81. The van der Waals surface area contributed by atoms with Crippen LogP contribution < -0.4 is 5.32 Å². The fourth-order valence-electron chi connectivity index (χ4n) is 2.67. The summed E-state index contributed by atoms with van der Waals surface area (Å²) in [5.74, 6) is -0.0624. The van der Waals surface area contributed by atoms with Crippen LogP contribution in [-0.4, -0.2) is 15.9 Å². The fraction of sp³-hybridized carbons (Fsp3) is 0.312. The molecule has 0 saturated carbocycles. The minimum absolute atomic E-state index is 0.0139. The van der Waals surface area contributed by atoms with Crippen molar-refractivity contribution in [2.45, 2.75) is 32.2 Å². The molecule has 0 spiro atoms. The van der Waals surface area contributed by atoms with Gasteiger partial charge in [0.05, 0.1) is 11.7 Å². The van der Waals surface area contributed by atoms with E-state index in [0.717, 1.165) is 25.0 Å². The molecule has 0 bridgehead atoms. The Morgan fingerprint density at radius 1 is 1.35 bits per heavy atom. The topological polar surface area (TPSA) is 54.9 Å². The molecule has 1 atom stereocenters. The normalized spacial score (nSPS) is 17.4. The van der Waals surface area contributed by atoms with Crippen molar-refractivity contribution in [3.05, 3.63) is 59.2 Å². The molecule has 2 heterocycles. The summed E-state index contributed by atoms with van der Waals surface area (Å²) >= 11 is 0. The Hall–Kier alpha value is -2.23. The van der Waals surface area contributed by atoms with E-state index in [2.05, 4.69) is 21.4 Å². The zero-order valence-electron chi connectivity index (χ0n) is 11.5. The number of rotatable bonds is 2. The van der Waals surface area contributed by atoms with Crippen LogP contribution in [0.15, 0.2) is 36.8 Å². The Morgan fingerprint density at radius 2 is 2.15 bits per heavy atom. The number of amides is 1. The third-order valence-electron chi connectivity index (χ3n) is 3.65. The highest BCUT2D eigenvalue weighted by Gasteiger charge is 2.23. The summed E-state index contributed by atoms with van der Waals surface area (Å²) in [6.45, 7) is 2.05. The van der Waals surface area contributed by atoms with E-state index in [4.69, 9.17) is 0 Å². The first-order chi connectivity index (χ1) is 9.74. The molecule has 1 aliphatic carbocycles. The summed E-state index contributed by atoms with van der Waals surface area (Å²) in [6.07, 6.45) is 8.21. The van der Waals surface area contributed by atoms with E-state index in [1.54, 1.807) is 24.5 Å². The lowest BCUT2D eigenvalue weighted by Crippen LogP contribution is -2.31. The first kappa shape index (κ1) is 12.8. The number of carbonyl (C=O) groups is 1. The summed E-state index contributed by atoms with van der Waals surface area (Å²) in [4.78, 5) is 20.7. The average Bonchev–Trinajstić information content (AvgIpc) is 2.48. The molecular formula is C16H17N3O. The molecule has 1 amide bonds. The van der Waals surface area contributed by atoms with Gasteiger partial charge in [0.2, 0.25) is 0 Å². The molecular weight excluding hydrogens is 250 g/mol. The maximum atomic E-state index is 12.2. The first-order valence-electron chi connectivity index (χ1n) is 6.90. The van der Waals surface area contributed by atoms with Crippen molar-refractivity contribution in [2.75, 3.05) is 0 Å². The lowest BCUT2D eigenvalue weighted by atomic mass is 9.91. The smallest absolute Gasteiger partial charge is 0.251 e. The monoisotopic (exact) mass is 267 g/mol. The van der Waals surface area contributed by atoms with Crippen LogP contribution in [0.3, 0.4) is 0 Å². The summed E-state index contributed by atoms with van der Waals surface area (Å²) in [5, 5.41) is 3.08. The number of pyridine rings is 2. The number of aromatic nitrogens is 2. The lowest BCUT2D eigenvalue weighted by molar-refractivity contribution is 0.0931. The van der Waals surface area contributed by atoms with Gasteiger partial charge in [-0.1, -0.05) is 6.07 Å². The molecule has 0 saturated heterocycles. The van der Waals surface area contributed by atoms with E-state index in [9.17, 15) is 4.79 Å². The Morgan fingerprint density at radius 3 is 2.95 bits per heavy atom. The fourth-order valence-corrected chi connectivity index (χ4v) is 2.67. The maximum Gasteiger partial charge on any atom is 0.251 e. The summed E-state index contributed by atoms with van der Waals surface area (Å²) in [7, 11) is 0. The van der Waals surface area contributed by atoms with Crippen molar-refractivity contribution in [2.24, 2.45) is 0 Å². The highest BCUT2D eigenvalue weighted by Crippen LogP contribution is 2.28. The molecule has 1 N–H and O–H groups in total. The predicted octanol–water partition coefficient (Wildman–Crippen LogP) is 2.59. The van der Waals surface area contributed by atoms with Gasteiger partial charge in [0.15, 0.2) is 0 Å². The van der Waals surface area contributed by atoms with Gasteiger partial charge in [0, 0.05) is 24.2 Å². The number of hydrogen-bond acceptors (Lipinski definition) is 3. The largest absolute Gasteiger partial charge is 0.344 e. The molecule has 1 unspecified atom stereocenters. The van der Waals surface area contributed by atoms with E-state index < -0.39 is 0 Å². The Bertz CT molecular complexity index is 625. The van der Waals surface area contributed by atoms with E-state index in [-0.39, 0.29) is 11.9 Å². The van der Waals surface area contributed by atoms with E-state index >= 15 is 0 Å². The third kappa shape index (κ3) is 2.54. The molecule has 0 radical (unpaired) electrons. The molecule has 2 aromatic heterocycles. The molecule has 102 valence electrons. The first-order valence-corrected chi connectivity index (χ1v) is 6.90. The average molecular weight is 267 g/mol. The highest BCUT2D eigenvalue weighted by molar-refractivity contribution is 5.94. The standard InChI is InChI=1S/C16H17N3O/c1-11-9-13-3-2-4-14(15(13)18-10-11)19-16(20)12-5-7-17-8-6-12/h5-10,14H,2-4H2,1H3,(H,19,20). The van der Waals surface area contributed by atoms with Gasteiger partial charge in [-0.05, 0) is 49.4 Å². The SMILES string of the molecule is Cc1cnc2c(c1)CCCC2NC(=O)c1ccncc1.